The molecule has 1 fully saturated rings. The predicted molar refractivity (Wildman–Crippen MR) is 120 cm³/mol. The van der Waals surface area contributed by atoms with E-state index in [9.17, 15) is 18.8 Å². The van der Waals surface area contributed by atoms with E-state index >= 15 is 0 Å². The van der Waals surface area contributed by atoms with Crippen LogP contribution in [0, 0.1) is 5.82 Å². The molecule has 1 saturated heterocycles. The summed E-state index contributed by atoms with van der Waals surface area (Å²) in [5.41, 5.74) is 2.34. The molecule has 9 heteroatoms. The Morgan fingerprint density at radius 1 is 1.03 bits per heavy atom. The van der Waals surface area contributed by atoms with Gasteiger partial charge in [0.25, 0.3) is 5.91 Å². The molecular weight excluding hydrogens is 479 g/mol. The summed E-state index contributed by atoms with van der Waals surface area (Å²) in [6, 6.07) is 13.1. The summed E-state index contributed by atoms with van der Waals surface area (Å²) < 4.78 is 14.4. The maximum atomic E-state index is 13.5. The Morgan fingerprint density at radius 3 is 2.31 bits per heavy atom. The Bertz CT molecular complexity index is 1070. The van der Waals surface area contributed by atoms with Crippen molar-refractivity contribution in [2.75, 3.05) is 26.2 Å². The number of piperazine rings is 1. The highest BCUT2D eigenvalue weighted by Crippen LogP contribution is 2.33. The average Bonchev–Trinajstić information content (AvgIpc) is 3.24. The van der Waals surface area contributed by atoms with Crippen LogP contribution in [0.4, 0.5) is 4.39 Å². The van der Waals surface area contributed by atoms with Crippen molar-refractivity contribution in [2.45, 2.75) is 19.4 Å². The second-order valence-electron chi connectivity index (χ2n) is 7.67. The Balaban J connectivity index is 1.59. The zero-order valence-corrected chi connectivity index (χ0v) is 19.1. The summed E-state index contributed by atoms with van der Waals surface area (Å²) in [5.74, 6) is -2.03. The van der Waals surface area contributed by atoms with Crippen LogP contribution in [0.25, 0.3) is 0 Å². The lowest BCUT2D eigenvalue weighted by Gasteiger charge is -2.33. The topological polar surface area (TPSA) is 73.3 Å². The van der Waals surface area contributed by atoms with E-state index in [1.54, 1.807) is 12.1 Å². The molecule has 0 aromatic heterocycles. The van der Waals surface area contributed by atoms with Crippen molar-refractivity contribution in [3.63, 3.8) is 0 Å². The van der Waals surface area contributed by atoms with Gasteiger partial charge in [-0.15, -0.1) is 0 Å². The highest BCUT2D eigenvalue weighted by molar-refractivity contribution is 9.10. The second kappa shape index (κ2) is 9.20. The molecule has 1 unspecified atom stereocenters. The first kappa shape index (κ1) is 22.1. The molecule has 0 aliphatic carbocycles. The van der Waals surface area contributed by atoms with Crippen molar-refractivity contribution in [1.29, 1.82) is 0 Å². The van der Waals surface area contributed by atoms with Gasteiger partial charge in [-0.2, -0.15) is 5.10 Å². The number of hydrogen-bond donors (Lipinski definition) is 0. The van der Waals surface area contributed by atoms with E-state index < -0.39 is 23.8 Å². The molecule has 2 aliphatic heterocycles. The summed E-state index contributed by atoms with van der Waals surface area (Å²) in [6.07, 6.45) is 0.454. The van der Waals surface area contributed by atoms with Gasteiger partial charge in [0.1, 0.15) is 12.4 Å². The Labute approximate surface area is 193 Å². The molecule has 0 radical (unpaired) electrons. The van der Waals surface area contributed by atoms with Crippen LogP contribution in [0.5, 0.6) is 0 Å². The van der Waals surface area contributed by atoms with Crippen LogP contribution < -0.4 is 0 Å². The number of benzene rings is 2. The van der Waals surface area contributed by atoms with E-state index in [2.05, 4.69) is 21.0 Å². The second-order valence-corrected chi connectivity index (χ2v) is 8.59. The van der Waals surface area contributed by atoms with Crippen LogP contribution in [-0.4, -0.2) is 64.4 Å². The smallest absolute Gasteiger partial charge is 0.312 e. The molecule has 0 saturated carbocycles. The van der Waals surface area contributed by atoms with Gasteiger partial charge in [-0.3, -0.25) is 14.4 Å². The minimum atomic E-state index is -0.680. The lowest BCUT2D eigenvalue weighted by atomic mass is 9.98. The zero-order valence-electron chi connectivity index (χ0n) is 17.5. The molecule has 1 atom stereocenters. The number of likely N-dealkylation sites (N-methyl/N-ethyl adjacent to an activating group) is 1. The van der Waals surface area contributed by atoms with Gasteiger partial charge in [0, 0.05) is 30.5 Å². The summed E-state index contributed by atoms with van der Waals surface area (Å²) in [4.78, 5) is 40.6. The van der Waals surface area contributed by atoms with Crippen LogP contribution >= 0.6 is 15.9 Å². The fraction of sp³-hybridized carbons (Fsp3) is 0.304. The van der Waals surface area contributed by atoms with Gasteiger partial charge in [0.2, 0.25) is 0 Å². The van der Waals surface area contributed by atoms with E-state index in [-0.39, 0.29) is 12.4 Å². The largest absolute Gasteiger partial charge is 0.333 e. The molecule has 3 amide bonds. The fourth-order valence-electron chi connectivity index (χ4n) is 3.90. The number of carbonyl (C=O) groups is 3. The minimum absolute atomic E-state index is 0.239. The van der Waals surface area contributed by atoms with Gasteiger partial charge in [0.15, 0.2) is 0 Å². The number of halogens is 2. The molecule has 2 aromatic carbocycles. The third-order valence-electron chi connectivity index (χ3n) is 5.70. The number of hydrogen-bond acceptors (Lipinski definition) is 4. The maximum Gasteiger partial charge on any atom is 0.312 e. The van der Waals surface area contributed by atoms with E-state index in [0.29, 0.717) is 26.1 Å². The molecule has 32 heavy (non-hydrogen) atoms. The monoisotopic (exact) mass is 500 g/mol. The molecule has 166 valence electrons. The molecule has 0 spiro atoms. The third-order valence-corrected chi connectivity index (χ3v) is 6.23. The highest BCUT2D eigenvalue weighted by atomic mass is 79.9. The Hall–Kier alpha value is -3.07. The first-order valence-corrected chi connectivity index (χ1v) is 11.2. The molecular formula is C23H22BrFN4O3. The SMILES string of the molecule is CCN1CCN(CC(=O)N2N=C(c3ccc(Br)cc3)CC2c2ccc(F)cc2)C(=O)C1=O. The summed E-state index contributed by atoms with van der Waals surface area (Å²) >= 11 is 3.41. The van der Waals surface area contributed by atoms with Gasteiger partial charge in [0.05, 0.1) is 11.8 Å². The zero-order chi connectivity index (χ0) is 22.8. The van der Waals surface area contributed by atoms with Crippen molar-refractivity contribution >= 4 is 39.4 Å². The van der Waals surface area contributed by atoms with Crippen LogP contribution in [0.1, 0.15) is 30.5 Å². The van der Waals surface area contributed by atoms with Gasteiger partial charge in [-0.05, 0) is 42.3 Å². The van der Waals surface area contributed by atoms with Crippen LogP contribution in [0.15, 0.2) is 58.1 Å². The van der Waals surface area contributed by atoms with Crippen molar-refractivity contribution in [3.8, 4) is 0 Å². The Morgan fingerprint density at radius 2 is 1.66 bits per heavy atom. The van der Waals surface area contributed by atoms with Crippen molar-refractivity contribution in [2.24, 2.45) is 5.10 Å². The maximum absolute atomic E-state index is 13.5. The van der Waals surface area contributed by atoms with Gasteiger partial charge < -0.3 is 9.80 Å². The average molecular weight is 501 g/mol. The standard InChI is InChI=1S/C23H22BrFN4O3/c1-2-27-11-12-28(23(32)22(27)31)14-21(30)29-20(16-5-9-18(25)10-6-16)13-19(26-29)15-3-7-17(24)8-4-15/h3-10,20H,2,11-14H2,1H3. The van der Waals surface area contributed by atoms with E-state index in [0.717, 1.165) is 21.3 Å². The van der Waals surface area contributed by atoms with Crippen molar-refractivity contribution in [1.82, 2.24) is 14.8 Å². The predicted octanol–water partition coefficient (Wildman–Crippen LogP) is 2.96. The quantitative estimate of drug-likeness (QED) is 0.592. The number of amides is 3. The molecule has 4 rings (SSSR count). The summed E-state index contributed by atoms with van der Waals surface area (Å²) in [7, 11) is 0. The molecule has 0 bridgehead atoms. The van der Waals surface area contributed by atoms with Crippen LogP contribution in [0.2, 0.25) is 0 Å². The van der Waals surface area contributed by atoms with Crippen molar-refractivity contribution < 1.29 is 18.8 Å². The molecule has 2 heterocycles. The van der Waals surface area contributed by atoms with Crippen LogP contribution in [-0.2, 0) is 14.4 Å². The van der Waals surface area contributed by atoms with E-state index in [4.69, 9.17) is 0 Å². The van der Waals surface area contributed by atoms with Gasteiger partial charge in [-0.25, -0.2) is 9.40 Å². The Kier molecular flexibility index (Phi) is 6.36. The number of nitrogens with zero attached hydrogens (tertiary/aromatic N) is 4. The number of rotatable bonds is 5. The summed E-state index contributed by atoms with van der Waals surface area (Å²) in [5, 5.41) is 5.92. The lowest BCUT2D eigenvalue weighted by molar-refractivity contribution is -0.157. The summed E-state index contributed by atoms with van der Waals surface area (Å²) in [6.45, 7) is 2.70. The molecule has 0 N–H and O–H groups in total. The number of hydrazone groups is 1. The minimum Gasteiger partial charge on any atom is -0.333 e. The van der Waals surface area contributed by atoms with Gasteiger partial charge in [-0.1, -0.05) is 40.2 Å². The highest BCUT2D eigenvalue weighted by Gasteiger charge is 2.37. The first-order valence-electron chi connectivity index (χ1n) is 10.4. The van der Waals surface area contributed by atoms with E-state index in [1.165, 1.54) is 26.9 Å². The van der Waals surface area contributed by atoms with Crippen molar-refractivity contribution in [3.05, 3.63) is 69.9 Å². The van der Waals surface area contributed by atoms with Gasteiger partial charge >= 0.3 is 11.8 Å². The van der Waals surface area contributed by atoms with Crippen LogP contribution in [0.3, 0.4) is 0 Å². The molecule has 7 nitrogen and oxygen atoms in total. The normalized spacial score (nSPS) is 18.9. The fourth-order valence-corrected chi connectivity index (χ4v) is 4.17. The molecule has 2 aliphatic rings. The first-order chi connectivity index (χ1) is 15.4. The van der Waals surface area contributed by atoms with E-state index in [1.807, 2.05) is 31.2 Å². The third kappa shape index (κ3) is 4.43. The molecule has 2 aromatic rings. The lowest BCUT2D eigenvalue weighted by Crippen LogP contribution is -2.56. The number of carbonyl (C=O) groups excluding carboxylic acids is 3.